The first-order valence-electron chi connectivity index (χ1n) is 6.33. The number of ether oxygens (including phenoxy) is 1. The Bertz CT molecular complexity index is 539. The highest BCUT2D eigenvalue weighted by Gasteiger charge is 2.04. The minimum absolute atomic E-state index is 0.640. The van der Waals surface area contributed by atoms with Crippen LogP contribution in [-0.2, 0) is 13.0 Å². The topological polar surface area (TPSA) is 47.0 Å². The van der Waals surface area contributed by atoms with Gasteiger partial charge in [-0.25, -0.2) is 9.97 Å². The highest BCUT2D eigenvalue weighted by atomic mass is 32.1. The van der Waals surface area contributed by atoms with E-state index in [4.69, 9.17) is 4.74 Å². The lowest BCUT2D eigenvalue weighted by molar-refractivity contribution is 0.309. The van der Waals surface area contributed by atoms with E-state index in [9.17, 15) is 0 Å². The van der Waals surface area contributed by atoms with Gasteiger partial charge in [0.2, 0.25) is 5.88 Å². The lowest BCUT2D eigenvalue weighted by Gasteiger charge is -2.08. The molecule has 0 aliphatic carbocycles. The summed E-state index contributed by atoms with van der Waals surface area (Å²) >= 11 is 1.68. The lowest BCUT2D eigenvalue weighted by atomic mass is 10.2. The van der Waals surface area contributed by atoms with Crippen molar-refractivity contribution in [3.63, 3.8) is 0 Å². The van der Waals surface area contributed by atoms with Crippen LogP contribution in [0.15, 0.2) is 17.6 Å². The number of hydrogen-bond acceptors (Lipinski definition) is 5. The zero-order valence-corrected chi connectivity index (χ0v) is 12.4. The van der Waals surface area contributed by atoms with Crippen molar-refractivity contribution >= 4 is 11.3 Å². The van der Waals surface area contributed by atoms with Crippen molar-refractivity contribution in [2.45, 2.75) is 26.8 Å². The summed E-state index contributed by atoms with van der Waals surface area (Å²) in [6, 6.07) is 3.99. The van der Waals surface area contributed by atoms with Crippen molar-refractivity contribution in [1.82, 2.24) is 15.3 Å². The Hall–Kier alpha value is -1.46. The summed E-state index contributed by atoms with van der Waals surface area (Å²) in [6.45, 7) is 5.51. The third kappa shape index (κ3) is 3.75. The number of aryl methyl sites for hydroxylation is 2. The smallest absolute Gasteiger partial charge is 0.213 e. The zero-order chi connectivity index (χ0) is 13.7. The second-order valence-electron chi connectivity index (χ2n) is 4.38. The molecule has 0 aromatic carbocycles. The SMILES string of the molecule is CNCc1ccc(OCCc2scnc2C)nc1C. The van der Waals surface area contributed by atoms with E-state index in [1.165, 1.54) is 10.4 Å². The maximum absolute atomic E-state index is 5.70. The number of rotatable bonds is 6. The molecule has 0 unspecified atom stereocenters. The van der Waals surface area contributed by atoms with Gasteiger partial charge in [-0.15, -0.1) is 11.3 Å². The Morgan fingerprint density at radius 3 is 2.74 bits per heavy atom. The third-order valence-corrected chi connectivity index (χ3v) is 3.96. The summed E-state index contributed by atoms with van der Waals surface area (Å²) in [7, 11) is 1.93. The van der Waals surface area contributed by atoms with Gasteiger partial charge in [-0.3, -0.25) is 0 Å². The molecule has 0 saturated heterocycles. The average Bonchev–Trinajstić information content (AvgIpc) is 2.79. The first-order chi connectivity index (χ1) is 9.20. The van der Waals surface area contributed by atoms with E-state index in [1.54, 1.807) is 11.3 Å². The van der Waals surface area contributed by atoms with Crippen LogP contribution < -0.4 is 10.1 Å². The monoisotopic (exact) mass is 277 g/mol. The normalized spacial score (nSPS) is 10.7. The van der Waals surface area contributed by atoms with Crippen LogP contribution in [0.25, 0.3) is 0 Å². The Morgan fingerprint density at radius 1 is 1.26 bits per heavy atom. The summed E-state index contributed by atoms with van der Waals surface area (Å²) in [5.74, 6) is 0.694. The summed E-state index contributed by atoms with van der Waals surface area (Å²) in [5, 5.41) is 3.13. The molecule has 19 heavy (non-hydrogen) atoms. The van der Waals surface area contributed by atoms with Crippen LogP contribution in [0.1, 0.15) is 21.8 Å². The second kappa shape index (κ2) is 6.63. The molecule has 0 aliphatic rings. The largest absolute Gasteiger partial charge is 0.477 e. The molecule has 5 heteroatoms. The second-order valence-corrected chi connectivity index (χ2v) is 5.32. The number of thiazole rings is 1. The van der Waals surface area contributed by atoms with Gasteiger partial charge in [0.1, 0.15) is 0 Å². The molecule has 1 N–H and O–H groups in total. The highest BCUT2D eigenvalue weighted by molar-refractivity contribution is 7.09. The quantitative estimate of drug-likeness (QED) is 0.881. The van der Waals surface area contributed by atoms with Crippen LogP contribution in [0.3, 0.4) is 0 Å². The first kappa shape index (κ1) is 14.0. The highest BCUT2D eigenvalue weighted by Crippen LogP contribution is 2.15. The van der Waals surface area contributed by atoms with Gasteiger partial charge in [0, 0.05) is 29.6 Å². The average molecular weight is 277 g/mol. The van der Waals surface area contributed by atoms with E-state index in [-0.39, 0.29) is 0 Å². The standard InChI is InChI=1S/C14H19N3OS/c1-10-12(8-15-3)4-5-14(17-10)18-7-6-13-11(2)16-9-19-13/h4-5,9,15H,6-8H2,1-3H3. The maximum atomic E-state index is 5.70. The number of nitrogens with one attached hydrogen (secondary N) is 1. The lowest BCUT2D eigenvalue weighted by Crippen LogP contribution is -2.08. The van der Waals surface area contributed by atoms with Crippen LogP contribution in [0.4, 0.5) is 0 Å². The first-order valence-corrected chi connectivity index (χ1v) is 7.21. The predicted molar refractivity (Wildman–Crippen MR) is 77.8 cm³/mol. The molecule has 0 amide bonds. The molecule has 0 atom stereocenters. The zero-order valence-electron chi connectivity index (χ0n) is 11.6. The van der Waals surface area contributed by atoms with Gasteiger partial charge >= 0.3 is 0 Å². The van der Waals surface area contributed by atoms with Crippen molar-refractivity contribution < 1.29 is 4.74 Å². The van der Waals surface area contributed by atoms with Gasteiger partial charge in [0.15, 0.2) is 0 Å². The fourth-order valence-electron chi connectivity index (χ4n) is 1.84. The maximum Gasteiger partial charge on any atom is 0.213 e. The predicted octanol–water partition coefficient (Wildman–Crippen LogP) is 2.50. The Balaban J connectivity index is 1.89. The van der Waals surface area contributed by atoms with Crippen LogP contribution in [-0.4, -0.2) is 23.6 Å². The molecule has 4 nitrogen and oxygen atoms in total. The fourth-order valence-corrected chi connectivity index (χ4v) is 2.60. The van der Waals surface area contributed by atoms with E-state index in [2.05, 4.69) is 21.4 Å². The molecule has 102 valence electrons. The number of nitrogens with zero attached hydrogens (tertiary/aromatic N) is 2. The van der Waals surface area contributed by atoms with Crippen LogP contribution in [0.2, 0.25) is 0 Å². The van der Waals surface area contributed by atoms with Crippen LogP contribution >= 0.6 is 11.3 Å². The fraction of sp³-hybridized carbons (Fsp3) is 0.429. The minimum Gasteiger partial charge on any atom is -0.477 e. The molecule has 2 aromatic rings. The molecule has 0 fully saturated rings. The van der Waals surface area contributed by atoms with E-state index in [0.717, 1.165) is 24.4 Å². The van der Waals surface area contributed by atoms with Gasteiger partial charge in [-0.2, -0.15) is 0 Å². The third-order valence-electron chi connectivity index (χ3n) is 2.96. The molecule has 2 aromatic heterocycles. The van der Waals surface area contributed by atoms with Gasteiger partial charge in [0.25, 0.3) is 0 Å². The van der Waals surface area contributed by atoms with E-state index in [0.29, 0.717) is 12.5 Å². The molecule has 0 saturated carbocycles. The van der Waals surface area contributed by atoms with Crippen LogP contribution in [0, 0.1) is 13.8 Å². The van der Waals surface area contributed by atoms with E-state index < -0.39 is 0 Å². The Labute approximate surface area is 117 Å². The van der Waals surface area contributed by atoms with Gasteiger partial charge in [-0.05, 0) is 26.5 Å². The van der Waals surface area contributed by atoms with Gasteiger partial charge in [0.05, 0.1) is 17.8 Å². The molecule has 0 radical (unpaired) electrons. The molecule has 0 bridgehead atoms. The summed E-state index contributed by atoms with van der Waals surface area (Å²) in [4.78, 5) is 9.97. The number of hydrogen-bond donors (Lipinski definition) is 1. The summed E-state index contributed by atoms with van der Waals surface area (Å²) < 4.78 is 5.70. The molecule has 0 aliphatic heterocycles. The minimum atomic E-state index is 0.640. The van der Waals surface area contributed by atoms with E-state index >= 15 is 0 Å². The number of aromatic nitrogens is 2. The van der Waals surface area contributed by atoms with Crippen molar-refractivity contribution in [1.29, 1.82) is 0 Å². The molecule has 0 spiro atoms. The van der Waals surface area contributed by atoms with Crippen molar-refractivity contribution in [3.8, 4) is 5.88 Å². The Kier molecular flexibility index (Phi) is 4.87. The Morgan fingerprint density at radius 2 is 2.11 bits per heavy atom. The van der Waals surface area contributed by atoms with Gasteiger partial charge in [-0.1, -0.05) is 6.07 Å². The molecule has 2 rings (SSSR count). The van der Waals surface area contributed by atoms with Crippen molar-refractivity contribution in [3.05, 3.63) is 39.5 Å². The molecular formula is C14H19N3OS. The van der Waals surface area contributed by atoms with Gasteiger partial charge < -0.3 is 10.1 Å². The molecule has 2 heterocycles. The van der Waals surface area contributed by atoms with E-state index in [1.807, 2.05) is 32.5 Å². The van der Waals surface area contributed by atoms with Crippen LogP contribution in [0.5, 0.6) is 5.88 Å². The molecular weight excluding hydrogens is 258 g/mol. The van der Waals surface area contributed by atoms with Crippen molar-refractivity contribution in [2.75, 3.05) is 13.7 Å². The summed E-state index contributed by atoms with van der Waals surface area (Å²) in [6.07, 6.45) is 0.884. The van der Waals surface area contributed by atoms with Crippen molar-refractivity contribution in [2.24, 2.45) is 0 Å². The summed E-state index contributed by atoms with van der Waals surface area (Å²) in [5.41, 5.74) is 5.19. The number of pyridine rings is 1.